The van der Waals surface area contributed by atoms with Gasteiger partial charge < -0.3 is 4.90 Å². The lowest BCUT2D eigenvalue weighted by Gasteiger charge is -2.36. The summed E-state index contributed by atoms with van der Waals surface area (Å²) >= 11 is 0. The minimum absolute atomic E-state index is 0.172. The van der Waals surface area contributed by atoms with Gasteiger partial charge in [0.25, 0.3) is 0 Å². The Bertz CT molecular complexity index is 1060. The third kappa shape index (κ3) is 3.77. The van der Waals surface area contributed by atoms with E-state index < -0.39 is 16.1 Å². The average Bonchev–Trinajstić information content (AvgIpc) is 3.04. The molecular weight excluding hydrogens is 430 g/mol. The zero-order chi connectivity index (χ0) is 23.2. The minimum Gasteiger partial charge on any atom is -0.338 e. The second-order valence-corrected chi connectivity index (χ2v) is 10.8. The molecule has 172 valence electrons. The lowest BCUT2D eigenvalue weighted by atomic mass is 9.85. The first kappa shape index (κ1) is 22.7. The van der Waals surface area contributed by atoms with Crippen LogP contribution < -0.4 is 0 Å². The molecule has 2 heterocycles. The van der Waals surface area contributed by atoms with Crippen LogP contribution in [0.2, 0.25) is 0 Å². The van der Waals surface area contributed by atoms with Crippen LogP contribution in [0.4, 0.5) is 0 Å². The number of likely N-dealkylation sites (tertiary alicyclic amines) is 1. The summed E-state index contributed by atoms with van der Waals surface area (Å²) in [6, 6.07) is 4.45. The number of carbonyl (C=O) groups is 3. The summed E-state index contributed by atoms with van der Waals surface area (Å²) in [5.74, 6) is -1.62. The zero-order valence-electron chi connectivity index (χ0n) is 18.7. The highest BCUT2D eigenvalue weighted by atomic mass is 32.2. The Hall–Kier alpha value is -2.52. The summed E-state index contributed by atoms with van der Waals surface area (Å²) in [6.07, 6.45) is 4.89. The highest BCUT2D eigenvalue weighted by Gasteiger charge is 2.50. The number of imide groups is 1. The maximum atomic E-state index is 13.1. The molecule has 0 N–H and O–H groups in total. The molecule has 9 heteroatoms. The van der Waals surface area contributed by atoms with E-state index in [1.165, 1.54) is 4.31 Å². The van der Waals surface area contributed by atoms with Crippen LogP contribution in [0.25, 0.3) is 0 Å². The molecule has 0 radical (unpaired) electrons. The van der Waals surface area contributed by atoms with Gasteiger partial charge in [-0.25, -0.2) is 8.42 Å². The Morgan fingerprint density at radius 3 is 2.09 bits per heavy atom. The summed E-state index contributed by atoms with van der Waals surface area (Å²) in [5.41, 5.74) is 1.55. The third-order valence-corrected chi connectivity index (χ3v) is 8.84. The predicted molar refractivity (Wildman–Crippen MR) is 118 cm³/mol. The number of rotatable bonds is 4. The fourth-order valence-electron chi connectivity index (χ4n) is 4.86. The van der Waals surface area contributed by atoms with Gasteiger partial charge >= 0.3 is 0 Å². The van der Waals surface area contributed by atoms with E-state index in [0.29, 0.717) is 18.4 Å². The molecule has 2 saturated heterocycles. The minimum atomic E-state index is -3.66. The van der Waals surface area contributed by atoms with Crippen LogP contribution in [0.3, 0.4) is 0 Å². The Kier molecular flexibility index (Phi) is 5.98. The van der Waals surface area contributed by atoms with Crippen LogP contribution in [0.1, 0.15) is 30.9 Å². The number of sulfonamides is 1. The standard InChI is InChI=1S/C23H29N3O5S/c1-15-8-9-16(2)20(14-15)32(30,31)25-12-10-24(11-13-25)21(27)17(3)26-22(28)18-6-4-5-7-19(18)23(26)29/h4-5,8-9,14,17-19H,6-7,10-13H2,1-3H3/t17-,18+,19+/m0/s1. The smallest absolute Gasteiger partial charge is 0.245 e. The molecule has 0 saturated carbocycles. The van der Waals surface area contributed by atoms with Crippen molar-refractivity contribution in [2.45, 2.75) is 44.6 Å². The molecule has 0 aromatic heterocycles. The van der Waals surface area contributed by atoms with Gasteiger partial charge in [-0.05, 0) is 50.8 Å². The number of aryl methyl sites for hydroxylation is 2. The van der Waals surface area contributed by atoms with Crippen LogP contribution in [0.15, 0.2) is 35.2 Å². The largest absolute Gasteiger partial charge is 0.338 e. The van der Waals surface area contributed by atoms with E-state index in [9.17, 15) is 22.8 Å². The van der Waals surface area contributed by atoms with Crippen molar-refractivity contribution in [3.63, 3.8) is 0 Å². The number of amides is 3. The SMILES string of the molecule is Cc1ccc(C)c(S(=O)(=O)N2CCN(C(=O)[C@H](C)N3C(=O)[C@@H]4CC=CC[C@H]4C3=O)CC2)c1. The number of allylic oxidation sites excluding steroid dienone is 2. The van der Waals surface area contributed by atoms with Gasteiger partial charge in [-0.15, -0.1) is 0 Å². The number of fused-ring (bicyclic) bond motifs is 1. The van der Waals surface area contributed by atoms with Gasteiger partial charge in [-0.3, -0.25) is 19.3 Å². The Labute approximate surface area is 188 Å². The molecule has 4 rings (SSSR count). The molecule has 2 fully saturated rings. The lowest BCUT2D eigenvalue weighted by Crippen LogP contribution is -2.56. The number of carbonyl (C=O) groups excluding carboxylic acids is 3. The predicted octanol–water partition coefficient (Wildman–Crippen LogP) is 1.48. The van der Waals surface area contributed by atoms with Gasteiger partial charge in [0, 0.05) is 26.2 Å². The number of benzene rings is 1. The number of piperazine rings is 1. The molecule has 3 atom stereocenters. The van der Waals surface area contributed by atoms with Crippen molar-refractivity contribution in [3.05, 3.63) is 41.5 Å². The van der Waals surface area contributed by atoms with Gasteiger partial charge in [-0.1, -0.05) is 24.3 Å². The molecule has 0 spiro atoms. The van der Waals surface area contributed by atoms with Crippen molar-refractivity contribution >= 4 is 27.7 Å². The molecule has 32 heavy (non-hydrogen) atoms. The van der Waals surface area contributed by atoms with Crippen molar-refractivity contribution in [3.8, 4) is 0 Å². The molecule has 0 bridgehead atoms. The average molecular weight is 460 g/mol. The topological polar surface area (TPSA) is 95.1 Å². The Balaban J connectivity index is 1.43. The van der Waals surface area contributed by atoms with Crippen LogP contribution in [-0.2, 0) is 24.4 Å². The van der Waals surface area contributed by atoms with E-state index in [1.807, 2.05) is 25.1 Å². The van der Waals surface area contributed by atoms with Crippen molar-refractivity contribution in [2.24, 2.45) is 11.8 Å². The van der Waals surface area contributed by atoms with Crippen LogP contribution in [0.5, 0.6) is 0 Å². The van der Waals surface area contributed by atoms with Crippen LogP contribution in [0, 0.1) is 25.7 Å². The number of hydrogen-bond acceptors (Lipinski definition) is 5. The first-order chi connectivity index (χ1) is 15.1. The van der Waals surface area contributed by atoms with Crippen molar-refractivity contribution in [1.29, 1.82) is 0 Å². The summed E-state index contributed by atoms with van der Waals surface area (Å²) in [4.78, 5) is 41.7. The van der Waals surface area contributed by atoms with Gasteiger partial charge in [0.05, 0.1) is 16.7 Å². The van der Waals surface area contributed by atoms with E-state index >= 15 is 0 Å². The highest BCUT2D eigenvalue weighted by molar-refractivity contribution is 7.89. The third-order valence-electron chi connectivity index (χ3n) is 6.80. The summed E-state index contributed by atoms with van der Waals surface area (Å²) in [7, 11) is -3.66. The Morgan fingerprint density at radius 1 is 0.969 bits per heavy atom. The zero-order valence-corrected chi connectivity index (χ0v) is 19.5. The molecule has 0 unspecified atom stereocenters. The molecule has 3 amide bonds. The molecular formula is C23H29N3O5S. The van der Waals surface area contributed by atoms with Gasteiger partial charge in [0.2, 0.25) is 27.7 Å². The first-order valence-corrected chi connectivity index (χ1v) is 12.4. The normalized spacial score (nSPS) is 25.2. The van der Waals surface area contributed by atoms with E-state index in [-0.39, 0.29) is 60.6 Å². The van der Waals surface area contributed by atoms with E-state index in [2.05, 4.69) is 0 Å². The molecule has 1 aliphatic carbocycles. The van der Waals surface area contributed by atoms with Crippen molar-refractivity contribution in [1.82, 2.24) is 14.1 Å². The van der Waals surface area contributed by atoms with Gasteiger partial charge in [0.15, 0.2) is 0 Å². The van der Waals surface area contributed by atoms with E-state index in [0.717, 1.165) is 10.5 Å². The maximum Gasteiger partial charge on any atom is 0.245 e. The molecule has 2 aliphatic heterocycles. The molecule has 8 nitrogen and oxygen atoms in total. The summed E-state index contributed by atoms with van der Waals surface area (Å²) < 4.78 is 27.7. The lowest BCUT2D eigenvalue weighted by molar-refractivity contribution is -0.151. The van der Waals surface area contributed by atoms with Crippen molar-refractivity contribution < 1.29 is 22.8 Å². The van der Waals surface area contributed by atoms with E-state index in [4.69, 9.17) is 0 Å². The van der Waals surface area contributed by atoms with E-state index in [1.54, 1.807) is 30.9 Å². The van der Waals surface area contributed by atoms with Gasteiger partial charge in [0.1, 0.15) is 6.04 Å². The molecule has 1 aromatic rings. The highest BCUT2D eigenvalue weighted by Crippen LogP contribution is 2.36. The maximum absolute atomic E-state index is 13.1. The molecule has 1 aromatic carbocycles. The summed E-state index contributed by atoms with van der Waals surface area (Å²) in [5, 5.41) is 0. The van der Waals surface area contributed by atoms with Crippen molar-refractivity contribution in [2.75, 3.05) is 26.2 Å². The number of nitrogens with zero attached hydrogens (tertiary/aromatic N) is 3. The second-order valence-electron chi connectivity index (χ2n) is 8.88. The number of hydrogen-bond donors (Lipinski definition) is 0. The monoisotopic (exact) mass is 459 g/mol. The fraction of sp³-hybridized carbons (Fsp3) is 0.522. The fourth-order valence-corrected chi connectivity index (χ4v) is 6.59. The van der Waals surface area contributed by atoms with Crippen LogP contribution >= 0.6 is 0 Å². The van der Waals surface area contributed by atoms with Gasteiger partial charge in [-0.2, -0.15) is 4.31 Å². The summed E-state index contributed by atoms with van der Waals surface area (Å²) in [6.45, 7) is 5.99. The first-order valence-electron chi connectivity index (χ1n) is 11.0. The van der Waals surface area contributed by atoms with Crippen LogP contribution in [-0.4, -0.2) is 72.5 Å². The second kappa shape index (κ2) is 8.44. The molecule has 3 aliphatic rings. The Morgan fingerprint density at radius 2 is 1.53 bits per heavy atom. The quantitative estimate of drug-likeness (QED) is 0.502.